The van der Waals surface area contributed by atoms with E-state index in [1.54, 1.807) is 0 Å². The summed E-state index contributed by atoms with van der Waals surface area (Å²) in [5.41, 5.74) is 0. The van der Waals surface area contributed by atoms with Crippen LogP contribution >= 0.6 is 0 Å². The van der Waals surface area contributed by atoms with E-state index in [0.717, 1.165) is 12.8 Å². The van der Waals surface area contributed by atoms with Crippen molar-refractivity contribution >= 4 is 32.9 Å². The Hall–Kier alpha value is 1.20. The average Bonchev–Trinajstić information content (AvgIpc) is 1.84. The van der Waals surface area contributed by atoms with Crippen molar-refractivity contribution in [3.63, 3.8) is 0 Å². The van der Waals surface area contributed by atoms with Gasteiger partial charge < -0.3 is 17.0 Å². The summed E-state index contributed by atoms with van der Waals surface area (Å²) in [5.74, 6) is 1.76. The molecule has 0 unspecified atom stereocenters. The van der Waals surface area contributed by atoms with Gasteiger partial charge in [-0.1, -0.05) is 6.42 Å². The van der Waals surface area contributed by atoms with Crippen LogP contribution in [-0.4, -0.2) is 37.2 Å². The molecular weight excluding hydrogens is 216 g/mol. The molecule has 0 radical (unpaired) electrons. The topological polar surface area (TPSA) is 34.1 Å². The van der Waals surface area contributed by atoms with Gasteiger partial charge in [-0.25, -0.2) is 5.75 Å². The van der Waals surface area contributed by atoms with E-state index in [1.165, 1.54) is 5.75 Å². The zero-order chi connectivity index (χ0) is 5.33. The van der Waals surface area contributed by atoms with Crippen molar-refractivity contribution in [2.75, 3.05) is 5.75 Å². The average molecular weight is 223 g/mol. The van der Waals surface area contributed by atoms with E-state index in [9.17, 15) is 8.42 Å². The molecule has 50 valence electrons. The molecule has 1 aliphatic rings. The molecule has 9 heavy (non-hydrogen) atoms. The first-order chi connectivity index (χ1) is 3.21. The van der Waals surface area contributed by atoms with Gasteiger partial charge >= 0.3 is 23.1 Å². The fourth-order valence-electron chi connectivity index (χ4n) is 0.631. The Balaban J connectivity index is 0. The molecule has 1 heterocycles. The van der Waals surface area contributed by atoms with Gasteiger partial charge in [0.2, 0.25) is 0 Å². The van der Waals surface area contributed by atoms with Crippen molar-refractivity contribution in [1.82, 2.24) is 0 Å². The van der Waals surface area contributed by atoms with E-state index in [2.05, 4.69) is 0 Å². The van der Waals surface area contributed by atoms with Crippen LogP contribution in [0.3, 0.4) is 0 Å². The van der Waals surface area contributed by atoms with Crippen LogP contribution in [0.15, 0.2) is 0 Å². The van der Waals surface area contributed by atoms with Gasteiger partial charge in [-0.3, -0.25) is 8.42 Å². The van der Waals surface area contributed by atoms with E-state index in [-0.39, 0.29) is 40.0 Å². The number of hydrogen-bond donors (Lipinski definition) is 0. The maximum absolute atomic E-state index is 10.4. The Morgan fingerprint density at radius 3 is 2.00 bits per heavy atom. The molecule has 1 fully saturated rings. The fourth-order valence-corrected chi connectivity index (χ4v) is 1.89. The third-order valence-electron chi connectivity index (χ3n) is 1.00. The molecule has 1 rings (SSSR count). The van der Waals surface area contributed by atoms with E-state index in [0.29, 0.717) is 5.75 Å². The van der Waals surface area contributed by atoms with E-state index in [4.69, 9.17) is 0 Å². The van der Waals surface area contributed by atoms with Gasteiger partial charge in [0.15, 0.2) is 0 Å². The number of sulfone groups is 1. The fraction of sp³-hybridized carbons (Fsp3) is 0.750. The van der Waals surface area contributed by atoms with Crippen molar-refractivity contribution in [3.8, 4) is 0 Å². The predicted molar refractivity (Wildman–Crippen MR) is 33.1 cm³/mol. The molecule has 2 nitrogen and oxygen atoms in total. The Kier molecular flexibility index (Phi) is 7.03. The third-order valence-corrected chi connectivity index (χ3v) is 2.61. The van der Waals surface area contributed by atoms with Crippen LogP contribution in [0, 0.1) is 5.75 Å². The van der Waals surface area contributed by atoms with E-state index >= 15 is 0 Å². The molecule has 0 aliphatic carbocycles. The second-order valence-corrected chi connectivity index (χ2v) is 3.74. The smallest absolute Gasteiger partial charge is 1.00 e. The molecule has 0 saturated carbocycles. The molecule has 0 bridgehead atoms. The molecule has 0 aromatic rings. The minimum absolute atomic E-state index is 0. The Morgan fingerprint density at radius 1 is 1.33 bits per heavy atom. The Bertz CT molecular complexity index is 142. The number of rotatable bonds is 0. The summed E-state index contributed by atoms with van der Waals surface area (Å²) in [6.45, 7) is 0. The van der Waals surface area contributed by atoms with Crippen molar-refractivity contribution in [3.05, 3.63) is 5.75 Å². The molecule has 0 atom stereocenters. The molecule has 0 spiro atoms. The molecule has 0 amide bonds. The first-order valence-electron chi connectivity index (χ1n) is 2.27. The second-order valence-electron chi connectivity index (χ2n) is 1.68. The molecule has 0 N–H and O–H groups in total. The maximum atomic E-state index is 10.4. The van der Waals surface area contributed by atoms with Crippen LogP contribution in [0.4, 0.5) is 0 Å². The summed E-state index contributed by atoms with van der Waals surface area (Å²) < 4.78 is 20.8. The van der Waals surface area contributed by atoms with Gasteiger partial charge in [0.05, 0.1) is 0 Å². The van der Waals surface area contributed by atoms with E-state index in [1.807, 2.05) is 0 Å². The molecule has 0 aromatic heterocycles. The standard InChI is InChI=1S/C4H7O2S.BrH.Mg/c5-7(6)3-1-2-4-7;;/h3H,1-2,4H2;1H;/q-1;;+2/p-1. The van der Waals surface area contributed by atoms with Crippen molar-refractivity contribution < 1.29 is 25.4 Å². The largest absolute Gasteiger partial charge is 2.00 e. The van der Waals surface area contributed by atoms with Crippen molar-refractivity contribution in [1.29, 1.82) is 0 Å². The van der Waals surface area contributed by atoms with Gasteiger partial charge in [0.1, 0.15) is 0 Å². The van der Waals surface area contributed by atoms with Crippen LogP contribution in [0.2, 0.25) is 0 Å². The zero-order valence-corrected chi connectivity index (χ0v) is 8.83. The Morgan fingerprint density at radius 2 is 1.89 bits per heavy atom. The summed E-state index contributed by atoms with van der Waals surface area (Å²) in [5, 5.41) is 0. The summed E-state index contributed by atoms with van der Waals surface area (Å²) >= 11 is 0. The third kappa shape index (κ3) is 4.58. The minimum atomic E-state index is -2.67. The van der Waals surface area contributed by atoms with Gasteiger partial charge in [-0.2, -0.15) is 6.42 Å². The van der Waals surface area contributed by atoms with Gasteiger partial charge in [0.25, 0.3) is 0 Å². The summed E-state index contributed by atoms with van der Waals surface area (Å²) in [6, 6.07) is 0. The molecular formula is C4H7BrMgO2S. The van der Waals surface area contributed by atoms with Crippen LogP contribution < -0.4 is 17.0 Å². The van der Waals surface area contributed by atoms with Crippen LogP contribution in [0.25, 0.3) is 0 Å². The van der Waals surface area contributed by atoms with Crippen molar-refractivity contribution in [2.24, 2.45) is 0 Å². The van der Waals surface area contributed by atoms with E-state index < -0.39 is 9.84 Å². The van der Waals surface area contributed by atoms with Crippen LogP contribution in [0.5, 0.6) is 0 Å². The van der Waals surface area contributed by atoms with Crippen molar-refractivity contribution in [2.45, 2.75) is 12.8 Å². The normalized spacial score (nSPS) is 21.8. The Labute approximate surface area is 82.2 Å². The van der Waals surface area contributed by atoms with Gasteiger partial charge in [-0.15, -0.1) is 0 Å². The minimum Gasteiger partial charge on any atom is -1.00 e. The predicted octanol–water partition coefficient (Wildman–Crippen LogP) is -3.02. The van der Waals surface area contributed by atoms with Gasteiger partial charge in [0, 0.05) is 15.6 Å². The van der Waals surface area contributed by atoms with Crippen LogP contribution in [-0.2, 0) is 9.84 Å². The summed E-state index contributed by atoms with van der Waals surface area (Å²) in [7, 11) is -2.67. The second kappa shape index (κ2) is 4.93. The van der Waals surface area contributed by atoms with Crippen LogP contribution in [0.1, 0.15) is 12.8 Å². The quantitative estimate of drug-likeness (QED) is 0.324. The first-order valence-corrected chi connectivity index (χ1v) is 3.98. The zero-order valence-electron chi connectivity index (χ0n) is 5.01. The van der Waals surface area contributed by atoms with Gasteiger partial charge in [-0.05, 0) is 0 Å². The number of halogens is 1. The first kappa shape index (κ1) is 12.8. The summed E-state index contributed by atoms with van der Waals surface area (Å²) in [6.07, 6.45) is 1.57. The monoisotopic (exact) mass is 222 g/mol. The molecule has 1 saturated heterocycles. The molecule has 0 aromatic carbocycles. The molecule has 5 heteroatoms. The summed E-state index contributed by atoms with van der Waals surface area (Å²) in [4.78, 5) is 0. The molecule has 1 aliphatic heterocycles. The SMILES string of the molecule is O=S1(=O)[CH-]CCC1.[Br-].[Mg+2]. The number of hydrogen-bond acceptors (Lipinski definition) is 2. The maximum Gasteiger partial charge on any atom is 2.00 e.